The summed E-state index contributed by atoms with van der Waals surface area (Å²) < 4.78 is 38.2. The molecule has 1 aliphatic heterocycles. The van der Waals surface area contributed by atoms with E-state index in [0.29, 0.717) is 36.8 Å². The van der Waals surface area contributed by atoms with Gasteiger partial charge in [-0.15, -0.1) is 0 Å². The summed E-state index contributed by atoms with van der Waals surface area (Å²) in [6.45, 7) is 0.710. The van der Waals surface area contributed by atoms with Gasteiger partial charge in [0.15, 0.2) is 0 Å². The van der Waals surface area contributed by atoms with Gasteiger partial charge in [-0.1, -0.05) is 11.6 Å². The van der Waals surface area contributed by atoms with Crippen molar-refractivity contribution in [3.63, 3.8) is 0 Å². The Morgan fingerprint density at radius 1 is 1.24 bits per heavy atom. The van der Waals surface area contributed by atoms with E-state index < -0.39 is 10.0 Å². The van der Waals surface area contributed by atoms with Crippen molar-refractivity contribution in [2.24, 2.45) is 0 Å². The van der Waals surface area contributed by atoms with E-state index in [9.17, 15) is 8.42 Å². The quantitative estimate of drug-likeness (QED) is 0.788. The summed E-state index contributed by atoms with van der Waals surface area (Å²) in [5.74, 6) is 0.775. The molecule has 7 nitrogen and oxygen atoms in total. The second-order valence-corrected chi connectivity index (χ2v) is 7.91. The highest BCUT2D eigenvalue weighted by atomic mass is 35.5. The minimum Gasteiger partial charge on any atom is -0.495 e. The van der Waals surface area contributed by atoms with Crippen LogP contribution in [0, 0.1) is 0 Å². The lowest BCUT2D eigenvalue weighted by molar-refractivity contribution is 0.129. The zero-order valence-electron chi connectivity index (χ0n) is 13.6. The van der Waals surface area contributed by atoms with Gasteiger partial charge in [-0.05, 0) is 31.0 Å². The molecule has 0 saturated carbocycles. The molecule has 1 fully saturated rings. The van der Waals surface area contributed by atoms with Gasteiger partial charge in [0.25, 0.3) is 0 Å². The van der Waals surface area contributed by atoms with Crippen molar-refractivity contribution in [1.29, 1.82) is 0 Å². The fourth-order valence-electron chi connectivity index (χ4n) is 2.70. The first kappa shape index (κ1) is 17.9. The number of halogens is 1. The normalized spacial score (nSPS) is 16.6. The third-order valence-corrected chi connectivity index (χ3v) is 6.14. The number of benzene rings is 1. The molecule has 0 aliphatic carbocycles. The number of nitrogens with zero attached hydrogens (tertiary/aromatic N) is 3. The maximum Gasteiger partial charge on any atom is 0.246 e. The Morgan fingerprint density at radius 3 is 2.64 bits per heavy atom. The van der Waals surface area contributed by atoms with Crippen LogP contribution in [-0.4, -0.2) is 49.0 Å². The molecule has 0 spiro atoms. The first-order chi connectivity index (χ1) is 12.0. The minimum atomic E-state index is -3.68. The second-order valence-electron chi connectivity index (χ2n) is 5.56. The number of ether oxygens (including phenoxy) is 2. The smallest absolute Gasteiger partial charge is 0.246 e. The summed E-state index contributed by atoms with van der Waals surface area (Å²) in [5.41, 5.74) is 0. The molecule has 25 heavy (non-hydrogen) atoms. The van der Waals surface area contributed by atoms with Crippen LogP contribution in [0.4, 0.5) is 0 Å². The monoisotopic (exact) mass is 383 g/mol. The van der Waals surface area contributed by atoms with Crippen LogP contribution in [0.2, 0.25) is 5.02 Å². The van der Waals surface area contributed by atoms with Crippen molar-refractivity contribution in [2.75, 3.05) is 20.2 Å². The van der Waals surface area contributed by atoms with Crippen LogP contribution in [-0.2, 0) is 10.0 Å². The highest BCUT2D eigenvalue weighted by Gasteiger charge is 2.32. The summed E-state index contributed by atoms with van der Waals surface area (Å²) in [4.78, 5) is 7.94. The first-order valence-electron chi connectivity index (χ1n) is 7.77. The third kappa shape index (κ3) is 4.02. The van der Waals surface area contributed by atoms with Gasteiger partial charge in [-0.2, -0.15) is 4.31 Å². The summed E-state index contributed by atoms with van der Waals surface area (Å²) in [6.07, 6.45) is 4.09. The molecule has 0 radical (unpaired) electrons. The zero-order chi connectivity index (χ0) is 17.9. The van der Waals surface area contributed by atoms with Gasteiger partial charge in [0.1, 0.15) is 23.1 Å². The lowest BCUT2D eigenvalue weighted by Crippen LogP contribution is -2.41. The predicted molar refractivity (Wildman–Crippen MR) is 92.4 cm³/mol. The maximum absolute atomic E-state index is 12.9. The number of hydrogen-bond acceptors (Lipinski definition) is 6. The molecule has 1 aromatic heterocycles. The lowest BCUT2D eigenvalue weighted by Gasteiger charge is -2.31. The zero-order valence-corrected chi connectivity index (χ0v) is 15.2. The Labute approximate surface area is 151 Å². The van der Waals surface area contributed by atoms with Crippen molar-refractivity contribution in [1.82, 2.24) is 14.3 Å². The number of methoxy groups -OCH3 is 1. The highest BCUT2D eigenvalue weighted by molar-refractivity contribution is 7.89. The second kappa shape index (κ2) is 7.55. The predicted octanol–water partition coefficient (Wildman–Crippen LogP) is 2.37. The van der Waals surface area contributed by atoms with E-state index in [1.807, 2.05) is 0 Å². The molecule has 1 saturated heterocycles. The van der Waals surface area contributed by atoms with Crippen molar-refractivity contribution < 1.29 is 17.9 Å². The molecule has 2 heterocycles. The summed E-state index contributed by atoms with van der Waals surface area (Å²) in [6, 6.07) is 6.25. The van der Waals surface area contributed by atoms with Gasteiger partial charge in [-0.3, -0.25) is 0 Å². The lowest BCUT2D eigenvalue weighted by atomic mass is 10.1. The Balaban J connectivity index is 1.71. The first-order valence-corrected chi connectivity index (χ1v) is 9.59. The van der Waals surface area contributed by atoms with Crippen molar-refractivity contribution in [2.45, 2.75) is 23.8 Å². The van der Waals surface area contributed by atoms with Crippen LogP contribution in [0.25, 0.3) is 0 Å². The van der Waals surface area contributed by atoms with Crippen LogP contribution in [0.5, 0.6) is 11.6 Å². The molecular formula is C16H18ClN3O4S. The minimum absolute atomic E-state index is 0.0809. The molecule has 0 N–H and O–H groups in total. The number of piperidine rings is 1. The van der Waals surface area contributed by atoms with E-state index in [2.05, 4.69) is 9.97 Å². The van der Waals surface area contributed by atoms with Crippen LogP contribution in [0.3, 0.4) is 0 Å². The van der Waals surface area contributed by atoms with Gasteiger partial charge in [0, 0.05) is 30.4 Å². The van der Waals surface area contributed by atoms with Crippen LogP contribution in [0.15, 0.2) is 41.7 Å². The summed E-state index contributed by atoms with van der Waals surface area (Å²) in [7, 11) is -2.25. The van der Waals surface area contributed by atoms with E-state index in [0.717, 1.165) is 0 Å². The fraction of sp³-hybridized carbons (Fsp3) is 0.375. The van der Waals surface area contributed by atoms with Crippen LogP contribution >= 0.6 is 11.6 Å². The molecule has 0 atom stereocenters. The maximum atomic E-state index is 12.9. The molecule has 0 unspecified atom stereocenters. The van der Waals surface area contributed by atoms with Gasteiger partial charge in [0.2, 0.25) is 15.9 Å². The average molecular weight is 384 g/mol. The molecular weight excluding hydrogens is 366 g/mol. The van der Waals surface area contributed by atoms with E-state index in [1.165, 1.54) is 23.8 Å². The molecule has 3 rings (SSSR count). The van der Waals surface area contributed by atoms with Crippen molar-refractivity contribution in [3.8, 4) is 11.6 Å². The summed E-state index contributed by atoms with van der Waals surface area (Å²) >= 11 is 5.96. The van der Waals surface area contributed by atoms with E-state index in [1.54, 1.807) is 24.4 Å². The summed E-state index contributed by atoms with van der Waals surface area (Å²) in [5, 5.41) is 0.348. The van der Waals surface area contributed by atoms with Gasteiger partial charge < -0.3 is 9.47 Å². The standard InChI is InChI=1S/C16H18ClN3O4S/c1-23-14-3-2-12(17)10-15(14)25(21,22)20-8-5-13(6-9-20)24-16-4-7-18-11-19-16/h2-4,7,10-11,13H,5-6,8-9H2,1H3. The number of hydrogen-bond donors (Lipinski definition) is 0. The highest BCUT2D eigenvalue weighted by Crippen LogP contribution is 2.31. The largest absolute Gasteiger partial charge is 0.495 e. The Hall–Kier alpha value is -1.90. The Morgan fingerprint density at radius 2 is 2.00 bits per heavy atom. The van der Waals surface area contributed by atoms with Crippen LogP contribution in [0.1, 0.15) is 12.8 Å². The van der Waals surface area contributed by atoms with E-state index in [-0.39, 0.29) is 16.7 Å². The van der Waals surface area contributed by atoms with Crippen LogP contribution < -0.4 is 9.47 Å². The molecule has 134 valence electrons. The number of sulfonamides is 1. The third-order valence-electron chi connectivity index (χ3n) is 3.99. The average Bonchev–Trinajstić information content (AvgIpc) is 2.63. The molecule has 0 bridgehead atoms. The molecule has 1 aliphatic rings. The van der Waals surface area contributed by atoms with Gasteiger partial charge >= 0.3 is 0 Å². The van der Waals surface area contributed by atoms with Crippen molar-refractivity contribution >= 4 is 21.6 Å². The molecule has 1 aromatic carbocycles. The molecule has 9 heteroatoms. The number of rotatable bonds is 5. The Kier molecular flexibility index (Phi) is 5.41. The van der Waals surface area contributed by atoms with Crippen molar-refractivity contribution in [3.05, 3.63) is 41.8 Å². The number of aromatic nitrogens is 2. The van der Waals surface area contributed by atoms with E-state index in [4.69, 9.17) is 21.1 Å². The fourth-order valence-corrected chi connectivity index (χ4v) is 4.59. The Bertz CT molecular complexity index is 825. The van der Waals surface area contributed by atoms with E-state index >= 15 is 0 Å². The molecule has 2 aromatic rings. The molecule has 0 amide bonds. The SMILES string of the molecule is COc1ccc(Cl)cc1S(=O)(=O)N1CCC(Oc2ccncn2)CC1. The van der Waals surface area contributed by atoms with Gasteiger partial charge in [0.05, 0.1) is 7.11 Å². The van der Waals surface area contributed by atoms with Gasteiger partial charge in [-0.25, -0.2) is 18.4 Å². The topological polar surface area (TPSA) is 81.6 Å².